The number of hydrogen-bond acceptors (Lipinski definition) is 3. The second kappa shape index (κ2) is 3.18. The molecule has 0 amide bonds. The third-order valence-corrected chi connectivity index (χ3v) is 1.65. The Bertz CT molecular complexity index is 450. The summed E-state index contributed by atoms with van der Waals surface area (Å²) in [5, 5.41) is 0. The Kier molecular flexibility index (Phi) is 1.88. The zero-order valence-electron chi connectivity index (χ0n) is 6.79. The second-order valence-electron chi connectivity index (χ2n) is 2.50. The maximum Gasteiger partial charge on any atom is 0.257 e. The van der Waals surface area contributed by atoms with Gasteiger partial charge in [0.2, 0.25) is 0 Å². The van der Waals surface area contributed by atoms with Crippen molar-refractivity contribution in [3.05, 3.63) is 53.5 Å². The van der Waals surface area contributed by atoms with E-state index in [9.17, 15) is 4.79 Å². The first kappa shape index (κ1) is 7.67. The minimum Gasteiger partial charge on any atom is -0.269 e. The third-order valence-electron chi connectivity index (χ3n) is 1.65. The molecule has 0 aliphatic carbocycles. The summed E-state index contributed by atoms with van der Waals surface area (Å²) in [6.45, 7) is 0. The quantitative estimate of drug-likeness (QED) is 0.635. The molecule has 0 saturated carbocycles. The summed E-state index contributed by atoms with van der Waals surface area (Å²) >= 11 is 0. The van der Waals surface area contributed by atoms with E-state index in [2.05, 4.69) is 9.97 Å². The van der Waals surface area contributed by atoms with Gasteiger partial charge in [-0.3, -0.25) is 14.3 Å². The minimum absolute atomic E-state index is 0.108. The molecule has 0 radical (unpaired) electrons. The van der Waals surface area contributed by atoms with Crippen LogP contribution in [0.2, 0.25) is 0 Å². The van der Waals surface area contributed by atoms with Crippen LogP contribution in [0.5, 0.6) is 0 Å². The Labute approximate surface area is 74.5 Å². The van der Waals surface area contributed by atoms with Gasteiger partial charge in [-0.25, -0.2) is 4.98 Å². The van der Waals surface area contributed by atoms with E-state index >= 15 is 0 Å². The van der Waals surface area contributed by atoms with Crippen LogP contribution in [0.1, 0.15) is 0 Å². The van der Waals surface area contributed by atoms with Crippen LogP contribution in [-0.2, 0) is 0 Å². The highest BCUT2D eigenvalue weighted by Gasteiger charge is 1.96. The first-order valence-electron chi connectivity index (χ1n) is 3.81. The molecule has 0 aliphatic heterocycles. The van der Waals surface area contributed by atoms with Crippen LogP contribution in [-0.4, -0.2) is 14.5 Å². The van der Waals surface area contributed by atoms with Gasteiger partial charge in [0.15, 0.2) is 0 Å². The Morgan fingerprint density at radius 2 is 2.08 bits per heavy atom. The van der Waals surface area contributed by atoms with Crippen LogP contribution in [0.25, 0.3) is 5.69 Å². The van der Waals surface area contributed by atoms with Gasteiger partial charge in [-0.15, -0.1) is 0 Å². The number of hydrogen-bond donors (Lipinski definition) is 0. The van der Waals surface area contributed by atoms with Crippen molar-refractivity contribution in [3.63, 3.8) is 0 Å². The molecular formula is C9H7N3O. The monoisotopic (exact) mass is 173 g/mol. The summed E-state index contributed by atoms with van der Waals surface area (Å²) in [4.78, 5) is 19.1. The second-order valence-corrected chi connectivity index (χ2v) is 2.50. The fourth-order valence-corrected chi connectivity index (χ4v) is 1.04. The van der Waals surface area contributed by atoms with Gasteiger partial charge in [0, 0.05) is 18.5 Å². The lowest BCUT2D eigenvalue weighted by molar-refractivity contribution is 0.928. The standard InChI is InChI=1S/C9H7N3O/c13-9-3-5-11-7-12(9)8-2-1-4-10-6-8/h1-7H. The SMILES string of the molecule is O=c1ccncn1-c1cccnc1. The topological polar surface area (TPSA) is 47.8 Å². The van der Waals surface area contributed by atoms with E-state index in [1.54, 1.807) is 24.5 Å². The predicted molar refractivity (Wildman–Crippen MR) is 47.6 cm³/mol. The van der Waals surface area contributed by atoms with Crippen LogP contribution < -0.4 is 5.56 Å². The van der Waals surface area contributed by atoms with Crippen LogP contribution in [0.15, 0.2) is 47.9 Å². The molecule has 0 atom stereocenters. The zero-order chi connectivity index (χ0) is 9.10. The number of nitrogens with zero attached hydrogens (tertiary/aromatic N) is 3. The summed E-state index contributed by atoms with van der Waals surface area (Å²) in [6, 6.07) is 4.98. The van der Waals surface area contributed by atoms with E-state index < -0.39 is 0 Å². The van der Waals surface area contributed by atoms with E-state index in [-0.39, 0.29) is 5.56 Å². The molecule has 0 bridgehead atoms. The van der Waals surface area contributed by atoms with Gasteiger partial charge in [0.25, 0.3) is 5.56 Å². The van der Waals surface area contributed by atoms with Gasteiger partial charge >= 0.3 is 0 Å². The largest absolute Gasteiger partial charge is 0.269 e. The van der Waals surface area contributed by atoms with Gasteiger partial charge in [0.05, 0.1) is 11.9 Å². The minimum atomic E-state index is -0.108. The normalized spacial score (nSPS) is 9.85. The Hall–Kier alpha value is -1.97. The highest BCUT2D eigenvalue weighted by Crippen LogP contribution is 1.98. The van der Waals surface area contributed by atoms with Crippen LogP contribution in [0.4, 0.5) is 0 Å². The van der Waals surface area contributed by atoms with Crippen molar-refractivity contribution < 1.29 is 0 Å². The van der Waals surface area contributed by atoms with E-state index in [0.717, 1.165) is 5.69 Å². The highest BCUT2D eigenvalue weighted by molar-refractivity contribution is 5.26. The van der Waals surface area contributed by atoms with Gasteiger partial charge in [-0.1, -0.05) is 0 Å². The van der Waals surface area contributed by atoms with Crippen molar-refractivity contribution in [3.8, 4) is 5.69 Å². The fourth-order valence-electron chi connectivity index (χ4n) is 1.04. The lowest BCUT2D eigenvalue weighted by atomic mass is 10.4. The maximum absolute atomic E-state index is 11.3. The summed E-state index contributed by atoms with van der Waals surface area (Å²) in [7, 11) is 0. The molecule has 0 saturated heterocycles. The van der Waals surface area contributed by atoms with Gasteiger partial charge in [0.1, 0.15) is 6.33 Å². The molecule has 2 aromatic rings. The summed E-state index contributed by atoms with van der Waals surface area (Å²) in [6.07, 6.45) is 6.21. The molecule has 0 spiro atoms. The molecule has 0 aliphatic rings. The number of pyridine rings is 1. The smallest absolute Gasteiger partial charge is 0.257 e. The summed E-state index contributed by atoms with van der Waals surface area (Å²) in [5.41, 5.74) is 0.614. The molecule has 0 unspecified atom stereocenters. The Morgan fingerprint density at radius 1 is 1.15 bits per heavy atom. The van der Waals surface area contributed by atoms with Crippen molar-refractivity contribution >= 4 is 0 Å². The van der Waals surface area contributed by atoms with Crippen LogP contribution >= 0.6 is 0 Å². The molecule has 0 N–H and O–H groups in total. The van der Waals surface area contributed by atoms with Gasteiger partial charge < -0.3 is 0 Å². The highest BCUT2D eigenvalue weighted by atomic mass is 16.1. The molecule has 0 fully saturated rings. The van der Waals surface area contributed by atoms with Gasteiger partial charge in [-0.2, -0.15) is 0 Å². The lowest BCUT2D eigenvalue weighted by Gasteiger charge is -2.01. The summed E-state index contributed by atoms with van der Waals surface area (Å²) in [5.74, 6) is 0. The van der Waals surface area contributed by atoms with Crippen molar-refractivity contribution in [1.82, 2.24) is 14.5 Å². The molecular weight excluding hydrogens is 166 g/mol. The average Bonchev–Trinajstić information content (AvgIpc) is 2.20. The summed E-state index contributed by atoms with van der Waals surface area (Å²) < 4.78 is 1.44. The van der Waals surface area contributed by atoms with Crippen molar-refractivity contribution in [2.75, 3.05) is 0 Å². The first-order valence-corrected chi connectivity index (χ1v) is 3.81. The molecule has 4 nitrogen and oxygen atoms in total. The van der Waals surface area contributed by atoms with Crippen LogP contribution in [0.3, 0.4) is 0 Å². The molecule has 64 valence electrons. The maximum atomic E-state index is 11.3. The molecule has 4 heteroatoms. The molecule has 2 heterocycles. The van der Waals surface area contributed by atoms with E-state index in [4.69, 9.17) is 0 Å². The first-order chi connectivity index (χ1) is 6.38. The van der Waals surface area contributed by atoms with Gasteiger partial charge in [-0.05, 0) is 12.1 Å². The van der Waals surface area contributed by atoms with Crippen molar-refractivity contribution in [2.45, 2.75) is 0 Å². The van der Waals surface area contributed by atoms with E-state index in [1.807, 2.05) is 0 Å². The molecule has 13 heavy (non-hydrogen) atoms. The zero-order valence-corrected chi connectivity index (χ0v) is 6.79. The van der Waals surface area contributed by atoms with E-state index in [0.29, 0.717) is 0 Å². The van der Waals surface area contributed by atoms with E-state index in [1.165, 1.54) is 23.2 Å². The number of aromatic nitrogens is 3. The molecule has 2 rings (SSSR count). The average molecular weight is 173 g/mol. The third kappa shape index (κ3) is 1.46. The van der Waals surface area contributed by atoms with Crippen LogP contribution in [0, 0.1) is 0 Å². The van der Waals surface area contributed by atoms with Crippen molar-refractivity contribution in [2.24, 2.45) is 0 Å². The Balaban J connectivity index is 2.60. The predicted octanol–water partition coefficient (Wildman–Crippen LogP) is 0.628. The number of rotatable bonds is 1. The molecule has 2 aromatic heterocycles. The van der Waals surface area contributed by atoms with Crippen molar-refractivity contribution in [1.29, 1.82) is 0 Å². The Morgan fingerprint density at radius 3 is 2.77 bits per heavy atom. The fraction of sp³-hybridized carbons (Fsp3) is 0. The molecule has 0 aromatic carbocycles. The lowest BCUT2D eigenvalue weighted by Crippen LogP contribution is -2.16.